The Bertz CT molecular complexity index is 530. The van der Waals surface area contributed by atoms with Crippen LogP contribution >= 0.6 is 0 Å². The van der Waals surface area contributed by atoms with E-state index in [1.54, 1.807) is 11.7 Å². The van der Waals surface area contributed by atoms with Crippen molar-refractivity contribution < 1.29 is 13.9 Å². The quantitative estimate of drug-likeness (QED) is 0.841. The first-order chi connectivity index (χ1) is 8.63. The van der Waals surface area contributed by atoms with Crippen molar-refractivity contribution in [1.29, 1.82) is 0 Å². The molecule has 2 rings (SSSR count). The van der Waals surface area contributed by atoms with E-state index in [2.05, 4.69) is 15.1 Å². The van der Waals surface area contributed by atoms with Crippen LogP contribution in [0.5, 0.6) is 0 Å². The van der Waals surface area contributed by atoms with Crippen LogP contribution in [0.4, 0.5) is 14.6 Å². The molecule has 0 unspecified atom stereocenters. The van der Waals surface area contributed by atoms with Crippen molar-refractivity contribution in [3.8, 4) is 0 Å². The lowest BCUT2D eigenvalue weighted by Crippen LogP contribution is -2.32. The molecule has 98 valence electrons. The van der Waals surface area contributed by atoms with Gasteiger partial charge in [0.1, 0.15) is 12.1 Å². The fourth-order valence-electron chi connectivity index (χ4n) is 1.77. The SMILES string of the molecule is Cn1ncc2c(N(CCO)CC(F)F)ncnc21. The first kappa shape index (κ1) is 12.6. The number of fused-ring (bicyclic) bond motifs is 1. The van der Waals surface area contributed by atoms with Crippen molar-refractivity contribution in [3.05, 3.63) is 12.5 Å². The molecule has 0 aromatic carbocycles. The molecule has 0 aliphatic carbocycles. The van der Waals surface area contributed by atoms with E-state index in [0.29, 0.717) is 16.9 Å². The smallest absolute Gasteiger partial charge is 0.255 e. The number of aromatic nitrogens is 4. The molecule has 0 fully saturated rings. The van der Waals surface area contributed by atoms with E-state index in [-0.39, 0.29) is 13.2 Å². The van der Waals surface area contributed by atoms with Crippen molar-refractivity contribution in [2.45, 2.75) is 6.43 Å². The first-order valence-corrected chi connectivity index (χ1v) is 5.40. The molecule has 2 aromatic rings. The van der Waals surface area contributed by atoms with Gasteiger partial charge in [0.2, 0.25) is 0 Å². The van der Waals surface area contributed by atoms with Gasteiger partial charge in [-0.1, -0.05) is 0 Å². The van der Waals surface area contributed by atoms with E-state index in [1.807, 2.05) is 0 Å². The topological polar surface area (TPSA) is 67.1 Å². The Morgan fingerprint density at radius 3 is 2.89 bits per heavy atom. The van der Waals surface area contributed by atoms with E-state index in [1.165, 1.54) is 17.4 Å². The number of alkyl halides is 2. The molecule has 0 aliphatic rings. The maximum Gasteiger partial charge on any atom is 0.255 e. The van der Waals surface area contributed by atoms with Gasteiger partial charge < -0.3 is 10.0 Å². The number of nitrogens with zero attached hydrogens (tertiary/aromatic N) is 5. The molecule has 0 atom stereocenters. The molecular formula is C10H13F2N5O. The second kappa shape index (κ2) is 5.21. The third-order valence-electron chi connectivity index (χ3n) is 2.54. The third-order valence-corrected chi connectivity index (χ3v) is 2.54. The summed E-state index contributed by atoms with van der Waals surface area (Å²) < 4.78 is 26.6. The van der Waals surface area contributed by atoms with Gasteiger partial charge in [-0.3, -0.25) is 4.68 Å². The number of halogens is 2. The lowest BCUT2D eigenvalue weighted by molar-refractivity contribution is 0.152. The zero-order valence-corrected chi connectivity index (χ0v) is 9.79. The summed E-state index contributed by atoms with van der Waals surface area (Å²) in [5.41, 5.74) is 0.567. The summed E-state index contributed by atoms with van der Waals surface area (Å²) in [7, 11) is 1.71. The zero-order valence-electron chi connectivity index (χ0n) is 9.79. The summed E-state index contributed by atoms with van der Waals surface area (Å²) in [5.74, 6) is 0.363. The minimum atomic E-state index is -2.50. The Hall–Kier alpha value is -1.83. The summed E-state index contributed by atoms with van der Waals surface area (Å²) in [6, 6.07) is 0. The molecule has 0 radical (unpaired) electrons. The van der Waals surface area contributed by atoms with E-state index >= 15 is 0 Å². The summed E-state index contributed by atoms with van der Waals surface area (Å²) in [5, 5.41) is 13.5. The van der Waals surface area contributed by atoms with E-state index < -0.39 is 13.0 Å². The molecule has 0 amide bonds. The Labute approximate surface area is 102 Å². The maximum atomic E-state index is 12.5. The molecule has 2 heterocycles. The van der Waals surface area contributed by atoms with Crippen molar-refractivity contribution in [3.63, 3.8) is 0 Å². The predicted molar refractivity (Wildman–Crippen MR) is 61.6 cm³/mol. The lowest BCUT2D eigenvalue weighted by atomic mass is 10.3. The van der Waals surface area contributed by atoms with Crippen LogP contribution in [0.25, 0.3) is 11.0 Å². The van der Waals surface area contributed by atoms with Crippen LogP contribution in [0.1, 0.15) is 0 Å². The monoisotopic (exact) mass is 257 g/mol. The molecule has 0 saturated heterocycles. The highest BCUT2D eigenvalue weighted by Gasteiger charge is 2.17. The normalized spacial score (nSPS) is 11.4. The molecule has 0 bridgehead atoms. The summed E-state index contributed by atoms with van der Waals surface area (Å²) in [6.07, 6.45) is 0.327. The molecule has 0 saturated carbocycles. The van der Waals surface area contributed by atoms with Crippen LogP contribution in [0.2, 0.25) is 0 Å². The van der Waals surface area contributed by atoms with Gasteiger partial charge >= 0.3 is 0 Å². The lowest BCUT2D eigenvalue weighted by Gasteiger charge is -2.22. The van der Waals surface area contributed by atoms with Crippen molar-refractivity contribution in [1.82, 2.24) is 19.7 Å². The molecule has 1 N–H and O–H groups in total. The average Bonchev–Trinajstić information content (AvgIpc) is 2.70. The van der Waals surface area contributed by atoms with Crippen LogP contribution in [0, 0.1) is 0 Å². The number of anilines is 1. The minimum absolute atomic E-state index is 0.0886. The van der Waals surface area contributed by atoms with Crippen LogP contribution in [-0.2, 0) is 7.05 Å². The van der Waals surface area contributed by atoms with Crippen LogP contribution in [-0.4, -0.2) is 51.0 Å². The van der Waals surface area contributed by atoms with Gasteiger partial charge in [0.15, 0.2) is 5.65 Å². The average molecular weight is 257 g/mol. The van der Waals surface area contributed by atoms with Crippen LogP contribution in [0.15, 0.2) is 12.5 Å². The van der Waals surface area contributed by atoms with Gasteiger partial charge in [0.25, 0.3) is 6.43 Å². The van der Waals surface area contributed by atoms with E-state index in [9.17, 15) is 8.78 Å². The molecule has 6 nitrogen and oxygen atoms in total. The largest absolute Gasteiger partial charge is 0.395 e. The van der Waals surface area contributed by atoms with E-state index in [0.717, 1.165) is 0 Å². The Morgan fingerprint density at radius 1 is 1.44 bits per heavy atom. The second-order valence-corrected chi connectivity index (χ2v) is 3.76. The molecule has 0 spiro atoms. The van der Waals surface area contributed by atoms with Crippen molar-refractivity contribution >= 4 is 16.9 Å². The summed E-state index contributed by atoms with van der Waals surface area (Å²) >= 11 is 0. The number of hydrogen-bond acceptors (Lipinski definition) is 5. The number of rotatable bonds is 5. The van der Waals surface area contributed by atoms with E-state index in [4.69, 9.17) is 5.11 Å². The summed E-state index contributed by atoms with van der Waals surface area (Å²) in [6.45, 7) is -0.620. The van der Waals surface area contributed by atoms with Crippen LogP contribution in [0.3, 0.4) is 0 Å². The molecule has 18 heavy (non-hydrogen) atoms. The number of hydrogen-bond donors (Lipinski definition) is 1. The minimum Gasteiger partial charge on any atom is -0.395 e. The zero-order chi connectivity index (χ0) is 13.1. The Balaban J connectivity index is 2.43. The summed E-state index contributed by atoms with van der Waals surface area (Å²) in [4.78, 5) is 9.37. The number of aliphatic hydroxyl groups excluding tert-OH is 1. The highest BCUT2D eigenvalue weighted by Crippen LogP contribution is 2.22. The number of aryl methyl sites for hydroxylation is 1. The fraction of sp³-hybridized carbons (Fsp3) is 0.500. The van der Waals surface area contributed by atoms with Crippen molar-refractivity contribution in [2.75, 3.05) is 24.6 Å². The van der Waals surface area contributed by atoms with Crippen LogP contribution < -0.4 is 4.90 Å². The number of aliphatic hydroxyl groups is 1. The highest BCUT2D eigenvalue weighted by molar-refractivity contribution is 5.86. The van der Waals surface area contributed by atoms with Gasteiger partial charge in [0.05, 0.1) is 24.7 Å². The second-order valence-electron chi connectivity index (χ2n) is 3.76. The first-order valence-electron chi connectivity index (χ1n) is 5.40. The molecule has 2 aromatic heterocycles. The third kappa shape index (κ3) is 2.37. The maximum absolute atomic E-state index is 12.5. The van der Waals surface area contributed by atoms with Gasteiger partial charge in [0, 0.05) is 13.6 Å². The standard InChI is InChI=1S/C10H13F2N5O/c1-16-9-7(4-15-16)10(14-6-13-9)17(2-3-18)5-8(11)12/h4,6,8,18H,2-3,5H2,1H3. The van der Waals surface area contributed by atoms with Gasteiger partial charge in [-0.05, 0) is 0 Å². The highest BCUT2D eigenvalue weighted by atomic mass is 19.3. The van der Waals surface area contributed by atoms with Gasteiger partial charge in [-0.25, -0.2) is 18.7 Å². The molecule has 0 aliphatic heterocycles. The Morgan fingerprint density at radius 2 is 2.22 bits per heavy atom. The van der Waals surface area contributed by atoms with Gasteiger partial charge in [-0.15, -0.1) is 0 Å². The Kier molecular flexibility index (Phi) is 3.66. The predicted octanol–water partition coefficient (Wildman–Crippen LogP) is 0.427. The molecule has 8 heteroatoms. The van der Waals surface area contributed by atoms with Gasteiger partial charge in [-0.2, -0.15) is 5.10 Å². The molecular weight excluding hydrogens is 244 g/mol. The fourth-order valence-corrected chi connectivity index (χ4v) is 1.77. The van der Waals surface area contributed by atoms with Crippen molar-refractivity contribution in [2.24, 2.45) is 7.05 Å².